The standard InChI is InChI=1S/C21H17F5N4O4S/c22-15-7-13(29-17(31)6-12-2-1-3-14(18(12)23)21(24,25)26)8-27-19(15)30-9-16(28-11-30)20(32)4-5-35(33,34)10-20/h1-3,7-9,11,32H,4-6,10H2,(H,29,31). The van der Waals surface area contributed by atoms with Crippen LogP contribution in [0.5, 0.6) is 0 Å². The maximum Gasteiger partial charge on any atom is 0.419 e. The van der Waals surface area contributed by atoms with E-state index in [-0.39, 0.29) is 29.4 Å². The second-order valence-electron chi connectivity index (χ2n) is 8.07. The first-order valence-electron chi connectivity index (χ1n) is 10.0. The molecule has 1 aromatic carbocycles. The molecule has 14 heteroatoms. The Morgan fingerprint density at radius 2 is 1.97 bits per heavy atom. The quantitative estimate of drug-likeness (QED) is 0.505. The summed E-state index contributed by atoms with van der Waals surface area (Å²) in [6.07, 6.45) is -2.27. The molecule has 0 radical (unpaired) electrons. The smallest absolute Gasteiger partial charge is 0.382 e. The predicted octanol–water partition coefficient (Wildman–Crippen LogP) is 2.75. The van der Waals surface area contributed by atoms with Crippen LogP contribution in [0.15, 0.2) is 43.0 Å². The number of carbonyl (C=O) groups excluding carboxylic acids is 1. The topological polar surface area (TPSA) is 114 Å². The van der Waals surface area contributed by atoms with Gasteiger partial charge in [0.15, 0.2) is 21.5 Å². The lowest BCUT2D eigenvalue weighted by atomic mass is 10.0. The van der Waals surface area contributed by atoms with Crippen LogP contribution in [0.4, 0.5) is 27.6 Å². The number of alkyl halides is 3. The van der Waals surface area contributed by atoms with E-state index in [4.69, 9.17) is 0 Å². The normalized spacial score (nSPS) is 19.6. The van der Waals surface area contributed by atoms with E-state index in [1.165, 1.54) is 6.20 Å². The molecule has 4 rings (SSSR count). The Morgan fingerprint density at radius 3 is 2.60 bits per heavy atom. The van der Waals surface area contributed by atoms with Crippen molar-refractivity contribution >= 4 is 21.4 Å². The van der Waals surface area contributed by atoms with Crippen LogP contribution in [0.25, 0.3) is 5.82 Å². The fourth-order valence-electron chi connectivity index (χ4n) is 3.72. The van der Waals surface area contributed by atoms with Crippen LogP contribution in [-0.4, -0.2) is 45.5 Å². The van der Waals surface area contributed by atoms with Crippen molar-refractivity contribution in [1.29, 1.82) is 0 Å². The molecule has 0 aliphatic carbocycles. The van der Waals surface area contributed by atoms with Gasteiger partial charge in [-0.3, -0.25) is 9.36 Å². The Morgan fingerprint density at radius 1 is 1.23 bits per heavy atom. The van der Waals surface area contributed by atoms with E-state index < -0.39 is 62.5 Å². The number of halogens is 5. The Balaban J connectivity index is 1.48. The molecule has 0 bridgehead atoms. The van der Waals surface area contributed by atoms with Gasteiger partial charge in [-0.2, -0.15) is 13.2 Å². The van der Waals surface area contributed by atoms with Crippen LogP contribution in [0.1, 0.15) is 23.2 Å². The van der Waals surface area contributed by atoms with Gasteiger partial charge in [0.05, 0.1) is 41.1 Å². The summed E-state index contributed by atoms with van der Waals surface area (Å²) in [5.41, 5.74) is -3.79. The highest BCUT2D eigenvalue weighted by atomic mass is 32.2. The van der Waals surface area contributed by atoms with Crippen molar-refractivity contribution in [2.24, 2.45) is 0 Å². The zero-order valence-electron chi connectivity index (χ0n) is 17.7. The van der Waals surface area contributed by atoms with Crippen molar-refractivity contribution in [3.05, 3.63) is 71.4 Å². The van der Waals surface area contributed by atoms with Gasteiger partial charge in [-0.25, -0.2) is 27.2 Å². The first-order valence-corrected chi connectivity index (χ1v) is 11.9. The number of carbonyl (C=O) groups is 1. The fourth-order valence-corrected chi connectivity index (χ4v) is 5.53. The Labute approximate surface area is 195 Å². The highest BCUT2D eigenvalue weighted by molar-refractivity contribution is 7.91. The van der Waals surface area contributed by atoms with Gasteiger partial charge in [-0.1, -0.05) is 12.1 Å². The number of aromatic nitrogens is 3. The highest BCUT2D eigenvalue weighted by Crippen LogP contribution is 2.34. The lowest BCUT2D eigenvalue weighted by molar-refractivity contribution is -0.140. The second-order valence-corrected chi connectivity index (χ2v) is 10.3. The first kappa shape index (κ1) is 24.7. The summed E-state index contributed by atoms with van der Waals surface area (Å²) >= 11 is 0. The van der Waals surface area contributed by atoms with E-state index in [1.54, 1.807) is 0 Å². The first-order chi connectivity index (χ1) is 16.3. The molecule has 3 aromatic rings. The van der Waals surface area contributed by atoms with Crippen LogP contribution in [0.2, 0.25) is 0 Å². The average molecular weight is 516 g/mol. The van der Waals surface area contributed by atoms with Gasteiger partial charge in [0.1, 0.15) is 17.7 Å². The Bertz CT molecular complexity index is 1410. The van der Waals surface area contributed by atoms with Gasteiger partial charge in [0.2, 0.25) is 5.91 Å². The van der Waals surface area contributed by atoms with E-state index >= 15 is 0 Å². The fraction of sp³-hybridized carbons (Fsp3) is 0.286. The van der Waals surface area contributed by atoms with E-state index in [1.807, 2.05) is 0 Å². The van der Waals surface area contributed by atoms with Gasteiger partial charge in [-0.15, -0.1) is 0 Å². The van der Waals surface area contributed by atoms with Gasteiger partial charge < -0.3 is 10.4 Å². The molecular formula is C21H17F5N4O4S. The summed E-state index contributed by atoms with van der Waals surface area (Å²) in [5, 5.41) is 12.8. The number of pyridine rings is 1. The maximum atomic E-state index is 14.7. The molecule has 3 heterocycles. The molecule has 2 N–H and O–H groups in total. The van der Waals surface area contributed by atoms with Crippen LogP contribution >= 0.6 is 0 Å². The number of hydrogen-bond donors (Lipinski definition) is 2. The molecule has 1 atom stereocenters. The second kappa shape index (κ2) is 8.68. The summed E-state index contributed by atoms with van der Waals surface area (Å²) in [6, 6.07) is 3.45. The third kappa shape index (κ3) is 5.17. The molecule has 186 valence electrons. The molecule has 8 nitrogen and oxygen atoms in total. The molecule has 0 spiro atoms. The van der Waals surface area contributed by atoms with Crippen molar-refractivity contribution in [2.75, 3.05) is 16.8 Å². The summed E-state index contributed by atoms with van der Waals surface area (Å²) in [4.78, 5) is 20.0. The molecule has 1 fully saturated rings. The number of anilines is 1. The minimum Gasteiger partial charge on any atom is -0.382 e. The van der Waals surface area contributed by atoms with E-state index in [9.17, 15) is 40.3 Å². The number of aliphatic hydroxyl groups is 1. The van der Waals surface area contributed by atoms with E-state index in [0.29, 0.717) is 6.07 Å². The third-order valence-corrected chi connectivity index (χ3v) is 7.17. The summed E-state index contributed by atoms with van der Waals surface area (Å²) in [6.45, 7) is 0. The lowest BCUT2D eigenvalue weighted by Gasteiger charge is -2.17. The largest absolute Gasteiger partial charge is 0.419 e. The number of nitrogens with zero attached hydrogens (tertiary/aromatic N) is 3. The van der Waals surface area contributed by atoms with E-state index in [2.05, 4.69) is 15.3 Å². The average Bonchev–Trinajstić information content (AvgIpc) is 3.34. The van der Waals surface area contributed by atoms with Gasteiger partial charge in [0, 0.05) is 12.3 Å². The van der Waals surface area contributed by atoms with Crippen molar-refractivity contribution in [3.63, 3.8) is 0 Å². The molecule has 1 amide bonds. The van der Waals surface area contributed by atoms with Crippen LogP contribution < -0.4 is 5.32 Å². The summed E-state index contributed by atoms with van der Waals surface area (Å²) in [7, 11) is -3.43. The summed E-state index contributed by atoms with van der Waals surface area (Å²) in [5.74, 6) is -4.38. The number of benzene rings is 1. The SMILES string of the molecule is O=C(Cc1cccc(C(F)(F)F)c1F)Nc1cnc(-n2cnc(C3(O)CCS(=O)(=O)C3)c2)c(F)c1. The molecule has 0 saturated carbocycles. The zero-order valence-corrected chi connectivity index (χ0v) is 18.5. The van der Waals surface area contributed by atoms with Crippen LogP contribution in [-0.2, 0) is 32.8 Å². The monoisotopic (exact) mass is 516 g/mol. The number of nitrogens with one attached hydrogen (secondary N) is 1. The van der Waals surface area contributed by atoms with Crippen LogP contribution in [0.3, 0.4) is 0 Å². The van der Waals surface area contributed by atoms with Gasteiger partial charge in [0.25, 0.3) is 0 Å². The maximum absolute atomic E-state index is 14.7. The molecule has 1 unspecified atom stereocenters. The summed E-state index contributed by atoms with van der Waals surface area (Å²) < 4.78 is 91.8. The molecule has 1 aliphatic rings. The highest BCUT2D eigenvalue weighted by Gasteiger charge is 2.43. The number of rotatable bonds is 5. The van der Waals surface area contributed by atoms with Crippen molar-refractivity contribution < 1.29 is 40.3 Å². The lowest BCUT2D eigenvalue weighted by Crippen LogP contribution is -2.27. The minimum atomic E-state index is -4.92. The number of imidazole rings is 1. The van der Waals surface area contributed by atoms with Gasteiger partial charge >= 0.3 is 6.18 Å². The number of hydrogen-bond acceptors (Lipinski definition) is 6. The zero-order chi connectivity index (χ0) is 25.6. The Hall–Kier alpha value is -3.39. The van der Waals surface area contributed by atoms with Crippen molar-refractivity contribution in [1.82, 2.24) is 14.5 Å². The minimum absolute atomic E-state index is 0.0280. The van der Waals surface area contributed by atoms with Crippen LogP contribution in [0, 0.1) is 11.6 Å². The molecule has 1 saturated heterocycles. The molecule has 1 aliphatic heterocycles. The number of sulfone groups is 1. The Kier molecular flexibility index (Phi) is 6.13. The van der Waals surface area contributed by atoms with Crippen molar-refractivity contribution in [2.45, 2.75) is 24.6 Å². The van der Waals surface area contributed by atoms with Crippen molar-refractivity contribution in [3.8, 4) is 5.82 Å². The predicted molar refractivity (Wildman–Crippen MR) is 112 cm³/mol. The molecular weight excluding hydrogens is 499 g/mol. The van der Waals surface area contributed by atoms with E-state index in [0.717, 1.165) is 35.3 Å². The van der Waals surface area contributed by atoms with Gasteiger partial charge in [-0.05, 0) is 18.1 Å². The number of amides is 1. The third-order valence-electron chi connectivity index (χ3n) is 5.43. The molecule has 2 aromatic heterocycles. The molecule has 35 heavy (non-hydrogen) atoms.